The lowest BCUT2D eigenvalue weighted by Crippen LogP contribution is -2.24. The molecule has 0 N–H and O–H groups in total. The number of ether oxygens (including phenoxy) is 1. The summed E-state index contributed by atoms with van der Waals surface area (Å²) in [7, 11) is 0. The molecule has 0 radical (unpaired) electrons. The van der Waals surface area contributed by atoms with E-state index in [0.717, 1.165) is 0 Å². The maximum atomic E-state index is 11.8. The van der Waals surface area contributed by atoms with Gasteiger partial charge in [0.2, 0.25) is 0 Å². The molecule has 19 heavy (non-hydrogen) atoms. The number of benzene rings is 1. The summed E-state index contributed by atoms with van der Waals surface area (Å²) in [5.41, 5.74) is 0.943. The highest BCUT2D eigenvalue weighted by atomic mass is 16.5. The van der Waals surface area contributed by atoms with E-state index in [1.165, 1.54) is 0 Å². The number of carbonyl (C=O) groups is 2. The van der Waals surface area contributed by atoms with E-state index < -0.39 is 17.7 Å². The van der Waals surface area contributed by atoms with Crippen molar-refractivity contribution in [3.63, 3.8) is 0 Å². The van der Waals surface area contributed by atoms with Crippen LogP contribution >= 0.6 is 0 Å². The summed E-state index contributed by atoms with van der Waals surface area (Å²) in [6, 6.07) is 10.3. The fourth-order valence-corrected chi connectivity index (χ4v) is 1.65. The molecule has 1 aromatic carbocycles. The Labute approximate surface area is 111 Å². The van der Waals surface area contributed by atoms with Gasteiger partial charge in [-0.3, -0.25) is 4.79 Å². The van der Waals surface area contributed by atoms with Gasteiger partial charge in [-0.15, -0.1) is 0 Å². The summed E-state index contributed by atoms with van der Waals surface area (Å²) >= 11 is 0. The Balaban J connectivity index is 3.12. The van der Waals surface area contributed by atoms with Crippen molar-refractivity contribution >= 4 is 11.8 Å². The van der Waals surface area contributed by atoms with Crippen LogP contribution in [0.3, 0.4) is 0 Å². The molecule has 1 rings (SSSR count). The first kappa shape index (κ1) is 14.4. The zero-order chi connectivity index (χ0) is 14.3. The van der Waals surface area contributed by atoms with Gasteiger partial charge < -0.3 is 4.74 Å². The van der Waals surface area contributed by atoms with Gasteiger partial charge in [0.05, 0.1) is 25.2 Å². The number of nitriles is 2. The van der Waals surface area contributed by atoms with E-state index in [0.29, 0.717) is 11.1 Å². The normalized spacial score (nSPS) is 10.9. The molecule has 0 aromatic heterocycles. The summed E-state index contributed by atoms with van der Waals surface area (Å²) in [5.74, 6) is -3.17. The molecule has 0 bridgehead atoms. The first-order chi connectivity index (χ1) is 9.15. The van der Waals surface area contributed by atoms with Crippen molar-refractivity contribution < 1.29 is 14.3 Å². The molecule has 0 heterocycles. The molecule has 1 aromatic rings. The van der Waals surface area contributed by atoms with Crippen molar-refractivity contribution in [2.75, 3.05) is 6.61 Å². The van der Waals surface area contributed by atoms with E-state index in [1.54, 1.807) is 37.3 Å². The summed E-state index contributed by atoms with van der Waals surface area (Å²) < 4.78 is 4.60. The van der Waals surface area contributed by atoms with E-state index in [1.807, 2.05) is 6.07 Å². The van der Waals surface area contributed by atoms with Gasteiger partial charge in [0.1, 0.15) is 5.92 Å². The van der Waals surface area contributed by atoms with E-state index in [4.69, 9.17) is 10.5 Å². The Hall–Kier alpha value is -2.66. The Morgan fingerprint density at radius 2 is 2.00 bits per heavy atom. The highest BCUT2D eigenvalue weighted by Gasteiger charge is 2.29. The van der Waals surface area contributed by atoms with E-state index in [9.17, 15) is 9.59 Å². The minimum Gasteiger partial charge on any atom is -0.460 e. The van der Waals surface area contributed by atoms with Gasteiger partial charge in [-0.25, -0.2) is 4.79 Å². The number of rotatable bonds is 5. The highest BCUT2D eigenvalue weighted by molar-refractivity contribution is 6.36. The Bertz CT molecular complexity index is 567. The summed E-state index contributed by atoms with van der Waals surface area (Å²) in [6.07, 6.45) is 0.0739. The third-order valence-corrected chi connectivity index (χ3v) is 2.50. The summed E-state index contributed by atoms with van der Waals surface area (Å²) in [6.45, 7) is 1.65. The Morgan fingerprint density at radius 1 is 1.32 bits per heavy atom. The number of Topliss-reactive ketones (excluding diaryl/α,β-unsaturated/α-hetero) is 1. The predicted molar refractivity (Wildman–Crippen MR) is 65.8 cm³/mol. The van der Waals surface area contributed by atoms with Crippen LogP contribution in [-0.2, 0) is 20.7 Å². The Kier molecular flexibility index (Phi) is 5.25. The zero-order valence-electron chi connectivity index (χ0n) is 10.4. The van der Waals surface area contributed by atoms with E-state index >= 15 is 0 Å². The average Bonchev–Trinajstić information content (AvgIpc) is 2.42. The first-order valence-corrected chi connectivity index (χ1v) is 5.71. The maximum Gasteiger partial charge on any atom is 0.376 e. The number of hydrogen-bond donors (Lipinski definition) is 0. The average molecular weight is 256 g/mol. The molecule has 0 aliphatic rings. The van der Waals surface area contributed by atoms with Gasteiger partial charge in [-0.05, 0) is 18.1 Å². The zero-order valence-corrected chi connectivity index (χ0v) is 10.4. The van der Waals surface area contributed by atoms with Crippen molar-refractivity contribution in [3.8, 4) is 12.1 Å². The SMILES string of the molecule is CCOC(=O)C(=O)C(C#N)c1ccccc1CC#N. The first-order valence-electron chi connectivity index (χ1n) is 5.71. The number of carbonyl (C=O) groups excluding carboxylic acids is 2. The lowest BCUT2D eigenvalue weighted by Gasteiger charge is -2.11. The molecular formula is C14H12N2O3. The van der Waals surface area contributed by atoms with Gasteiger partial charge in [-0.1, -0.05) is 24.3 Å². The maximum absolute atomic E-state index is 11.8. The van der Waals surface area contributed by atoms with Crippen LogP contribution in [0.4, 0.5) is 0 Å². The molecular weight excluding hydrogens is 244 g/mol. The quantitative estimate of drug-likeness (QED) is 0.588. The smallest absolute Gasteiger partial charge is 0.376 e. The largest absolute Gasteiger partial charge is 0.460 e. The molecule has 0 amide bonds. The number of nitrogens with zero attached hydrogens (tertiary/aromatic N) is 2. The topological polar surface area (TPSA) is 90.9 Å². The molecule has 0 spiro atoms. The van der Waals surface area contributed by atoms with Gasteiger partial charge in [-0.2, -0.15) is 10.5 Å². The minimum atomic E-state index is -1.23. The van der Waals surface area contributed by atoms with Crippen molar-refractivity contribution in [1.29, 1.82) is 10.5 Å². The third kappa shape index (κ3) is 3.40. The van der Waals surface area contributed by atoms with Crippen molar-refractivity contribution in [2.24, 2.45) is 0 Å². The van der Waals surface area contributed by atoms with Crippen molar-refractivity contribution in [2.45, 2.75) is 19.3 Å². The fraction of sp³-hybridized carbons (Fsp3) is 0.286. The predicted octanol–water partition coefficient (Wildman–Crippen LogP) is 1.49. The molecule has 1 atom stereocenters. The van der Waals surface area contributed by atoms with Gasteiger partial charge in [0.15, 0.2) is 0 Å². The number of ketones is 1. The van der Waals surface area contributed by atoms with Crippen LogP contribution < -0.4 is 0 Å². The van der Waals surface area contributed by atoms with Crippen molar-refractivity contribution in [3.05, 3.63) is 35.4 Å². The van der Waals surface area contributed by atoms with Crippen LogP contribution in [-0.4, -0.2) is 18.4 Å². The second-order valence-corrected chi connectivity index (χ2v) is 3.68. The molecule has 5 heteroatoms. The van der Waals surface area contributed by atoms with Gasteiger partial charge >= 0.3 is 5.97 Å². The molecule has 0 saturated heterocycles. The van der Waals surface area contributed by atoms with Crippen LogP contribution in [0, 0.1) is 22.7 Å². The monoisotopic (exact) mass is 256 g/mol. The van der Waals surface area contributed by atoms with Crippen molar-refractivity contribution in [1.82, 2.24) is 0 Å². The van der Waals surface area contributed by atoms with Crippen LogP contribution in [0.1, 0.15) is 24.0 Å². The highest BCUT2D eigenvalue weighted by Crippen LogP contribution is 2.21. The number of esters is 1. The van der Waals surface area contributed by atoms with E-state index in [-0.39, 0.29) is 13.0 Å². The summed E-state index contributed by atoms with van der Waals surface area (Å²) in [4.78, 5) is 23.2. The van der Waals surface area contributed by atoms with Gasteiger partial charge in [0, 0.05) is 0 Å². The van der Waals surface area contributed by atoms with Crippen LogP contribution in [0.5, 0.6) is 0 Å². The lowest BCUT2D eigenvalue weighted by molar-refractivity contribution is -0.153. The van der Waals surface area contributed by atoms with Crippen LogP contribution in [0.2, 0.25) is 0 Å². The molecule has 1 unspecified atom stereocenters. The molecule has 0 fully saturated rings. The summed E-state index contributed by atoms with van der Waals surface area (Å²) in [5, 5.41) is 17.8. The molecule has 5 nitrogen and oxygen atoms in total. The second kappa shape index (κ2) is 6.93. The van der Waals surface area contributed by atoms with E-state index in [2.05, 4.69) is 4.74 Å². The number of hydrogen-bond acceptors (Lipinski definition) is 5. The van der Waals surface area contributed by atoms with Gasteiger partial charge in [0.25, 0.3) is 5.78 Å². The minimum absolute atomic E-state index is 0.0720. The fourth-order valence-electron chi connectivity index (χ4n) is 1.65. The molecule has 96 valence electrons. The molecule has 0 aliphatic heterocycles. The standard InChI is InChI=1S/C14H12N2O3/c1-2-19-14(18)13(17)12(9-16)11-6-4-3-5-10(11)7-8-15/h3-6,12H,2,7H2,1H3. The van der Waals surface area contributed by atoms with Crippen LogP contribution in [0.25, 0.3) is 0 Å². The lowest BCUT2D eigenvalue weighted by atomic mass is 9.91. The molecule has 0 saturated carbocycles. The molecule has 0 aliphatic carbocycles. The third-order valence-electron chi connectivity index (χ3n) is 2.50. The Morgan fingerprint density at radius 3 is 2.58 bits per heavy atom. The van der Waals surface area contributed by atoms with Crippen LogP contribution in [0.15, 0.2) is 24.3 Å². The second-order valence-electron chi connectivity index (χ2n) is 3.68.